The normalized spacial score (nSPS) is 11.0. The van der Waals surface area contributed by atoms with Gasteiger partial charge in [-0.15, -0.1) is 0 Å². The molecule has 1 heterocycles. The number of aromatic nitrogens is 2. The largest absolute Gasteiger partial charge is 0.459 e. The van der Waals surface area contributed by atoms with Crippen molar-refractivity contribution in [2.75, 3.05) is 25.6 Å². The third-order valence-electron chi connectivity index (χ3n) is 3.44. The first-order chi connectivity index (χ1) is 11.5. The fourth-order valence-electron chi connectivity index (χ4n) is 2.25. The maximum absolute atomic E-state index is 12.4. The van der Waals surface area contributed by atoms with E-state index in [9.17, 15) is 4.79 Å². The molecule has 0 aliphatic rings. The van der Waals surface area contributed by atoms with Crippen molar-refractivity contribution < 1.29 is 14.3 Å². The van der Waals surface area contributed by atoms with Gasteiger partial charge < -0.3 is 15.2 Å². The van der Waals surface area contributed by atoms with Gasteiger partial charge in [0.1, 0.15) is 18.0 Å². The third-order valence-corrected chi connectivity index (χ3v) is 3.69. The molecule has 0 atom stereocenters. The molecule has 0 amide bonds. The summed E-state index contributed by atoms with van der Waals surface area (Å²) < 4.78 is 12.0. The molecule has 0 saturated carbocycles. The summed E-state index contributed by atoms with van der Waals surface area (Å²) in [6.45, 7) is 6.88. The summed E-state index contributed by atoms with van der Waals surface area (Å²) in [7, 11) is 0. The van der Waals surface area contributed by atoms with E-state index in [0.29, 0.717) is 29.5 Å². The van der Waals surface area contributed by atoms with Crippen molar-refractivity contribution in [3.63, 3.8) is 0 Å². The lowest BCUT2D eigenvalue weighted by molar-refractivity contribution is 0.0335. The van der Waals surface area contributed by atoms with Crippen molar-refractivity contribution in [1.82, 2.24) is 9.78 Å². The molecule has 0 spiro atoms. The number of benzene rings is 1. The van der Waals surface area contributed by atoms with Gasteiger partial charge in [-0.2, -0.15) is 5.10 Å². The summed E-state index contributed by atoms with van der Waals surface area (Å²) in [4.78, 5) is 12.4. The van der Waals surface area contributed by atoms with Crippen LogP contribution in [0.3, 0.4) is 0 Å². The molecule has 130 valence electrons. The van der Waals surface area contributed by atoms with Gasteiger partial charge in [0.15, 0.2) is 0 Å². The average Bonchev–Trinajstić information content (AvgIpc) is 2.90. The minimum Gasteiger partial charge on any atom is -0.459 e. The number of hydrogen-bond donors (Lipinski definition) is 1. The Hall–Kier alpha value is -2.05. The molecule has 24 heavy (non-hydrogen) atoms. The summed E-state index contributed by atoms with van der Waals surface area (Å²) >= 11 is 5.91. The summed E-state index contributed by atoms with van der Waals surface area (Å²) in [6.07, 6.45) is 0. The summed E-state index contributed by atoms with van der Waals surface area (Å²) in [5.74, 6) is -0.214. The van der Waals surface area contributed by atoms with Crippen LogP contribution in [0, 0.1) is 0 Å². The second-order valence-corrected chi connectivity index (χ2v) is 5.96. The quantitative estimate of drug-likeness (QED) is 0.610. The monoisotopic (exact) mass is 351 g/mol. The highest BCUT2D eigenvalue weighted by Gasteiger charge is 2.25. The van der Waals surface area contributed by atoms with Crippen molar-refractivity contribution in [2.45, 2.75) is 26.7 Å². The second kappa shape index (κ2) is 8.17. The van der Waals surface area contributed by atoms with Gasteiger partial charge in [-0.25, -0.2) is 9.48 Å². The maximum Gasteiger partial charge on any atom is 0.343 e. The summed E-state index contributed by atoms with van der Waals surface area (Å²) in [5.41, 5.74) is 7.81. The molecule has 2 N–H and O–H groups in total. The summed E-state index contributed by atoms with van der Waals surface area (Å²) in [6, 6.07) is 7.07. The molecule has 0 aliphatic heterocycles. The van der Waals surface area contributed by atoms with Gasteiger partial charge in [0.2, 0.25) is 0 Å². The molecule has 0 bridgehead atoms. The minimum absolute atomic E-state index is 0.0234. The van der Waals surface area contributed by atoms with Crippen LogP contribution in [-0.2, 0) is 9.47 Å². The highest BCUT2D eigenvalue weighted by molar-refractivity contribution is 6.30. The van der Waals surface area contributed by atoms with Crippen LogP contribution in [0.1, 0.15) is 42.7 Å². The Labute approximate surface area is 146 Å². The molecule has 1 aromatic heterocycles. The lowest BCUT2D eigenvalue weighted by Gasteiger charge is -2.07. The van der Waals surface area contributed by atoms with Crippen molar-refractivity contribution >= 4 is 23.4 Å². The van der Waals surface area contributed by atoms with Crippen LogP contribution in [0.15, 0.2) is 24.3 Å². The number of nitrogens with zero attached hydrogens (tertiary/aromatic N) is 2. The van der Waals surface area contributed by atoms with Crippen LogP contribution in [0.2, 0.25) is 5.02 Å². The molecule has 1 aromatic carbocycles. The highest BCUT2D eigenvalue weighted by atomic mass is 35.5. The van der Waals surface area contributed by atoms with Gasteiger partial charge in [-0.05, 0) is 37.1 Å². The number of esters is 1. The maximum atomic E-state index is 12.4. The lowest BCUT2D eigenvalue weighted by atomic mass is 10.1. The topological polar surface area (TPSA) is 79.4 Å². The van der Waals surface area contributed by atoms with Gasteiger partial charge in [-0.3, -0.25) is 0 Å². The number of ether oxygens (including phenoxy) is 2. The molecular formula is C17H22ClN3O3. The van der Waals surface area contributed by atoms with Crippen molar-refractivity contribution in [3.8, 4) is 5.69 Å². The van der Waals surface area contributed by atoms with E-state index >= 15 is 0 Å². The molecule has 0 fully saturated rings. The van der Waals surface area contributed by atoms with E-state index in [4.69, 9.17) is 26.8 Å². The van der Waals surface area contributed by atoms with Crippen LogP contribution >= 0.6 is 11.6 Å². The number of carbonyl (C=O) groups is 1. The van der Waals surface area contributed by atoms with E-state index < -0.39 is 5.97 Å². The Morgan fingerprint density at radius 2 is 1.96 bits per heavy atom. The Bertz CT molecular complexity index is 696. The highest BCUT2D eigenvalue weighted by Crippen LogP contribution is 2.27. The van der Waals surface area contributed by atoms with Gasteiger partial charge in [0, 0.05) is 11.6 Å². The summed E-state index contributed by atoms with van der Waals surface area (Å²) in [5, 5.41) is 5.11. The van der Waals surface area contributed by atoms with Gasteiger partial charge >= 0.3 is 5.97 Å². The SMILES string of the molecule is CCOCCOC(=O)c1c(C(C)C)nn(-c2ccc(Cl)cc2)c1N. The lowest BCUT2D eigenvalue weighted by Crippen LogP contribution is -2.14. The molecule has 0 saturated heterocycles. The molecule has 0 unspecified atom stereocenters. The van der Waals surface area contributed by atoms with Crippen molar-refractivity contribution in [2.24, 2.45) is 0 Å². The first-order valence-electron chi connectivity index (χ1n) is 7.84. The predicted octanol–water partition coefficient (Wildman–Crippen LogP) is 3.42. The van der Waals surface area contributed by atoms with Gasteiger partial charge in [0.05, 0.1) is 18.0 Å². The number of rotatable bonds is 7. The molecule has 2 aromatic rings. The van der Waals surface area contributed by atoms with E-state index in [2.05, 4.69) is 5.10 Å². The average molecular weight is 352 g/mol. The number of anilines is 1. The number of nitrogens with two attached hydrogens (primary N) is 1. The smallest absolute Gasteiger partial charge is 0.343 e. The second-order valence-electron chi connectivity index (χ2n) is 5.52. The molecule has 0 radical (unpaired) electrons. The van der Waals surface area contributed by atoms with E-state index in [-0.39, 0.29) is 18.3 Å². The Balaban J connectivity index is 2.33. The number of nitrogen functional groups attached to an aromatic ring is 1. The zero-order chi connectivity index (χ0) is 17.7. The molecular weight excluding hydrogens is 330 g/mol. The van der Waals surface area contributed by atoms with E-state index in [1.165, 1.54) is 4.68 Å². The zero-order valence-corrected chi connectivity index (χ0v) is 14.8. The fraction of sp³-hybridized carbons (Fsp3) is 0.412. The van der Waals surface area contributed by atoms with Crippen LogP contribution in [0.5, 0.6) is 0 Å². The number of carbonyl (C=O) groups excluding carboxylic acids is 1. The van der Waals surface area contributed by atoms with E-state index in [1.54, 1.807) is 24.3 Å². The molecule has 7 heteroatoms. The van der Waals surface area contributed by atoms with Crippen molar-refractivity contribution in [3.05, 3.63) is 40.5 Å². The molecule has 6 nitrogen and oxygen atoms in total. The predicted molar refractivity (Wildman–Crippen MR) is 93.9 cm³/mol. The van der Waals surface area contributed by atoms with E-state index in [1.807, 2.05) is 20.8 Å². The van der Waals surface area contributed by atoms with Crippen LogP contribution in [0.4, 0.5) is 5.82 Å². The molecule has 2 rings (SSSR count). The van der Waals surface area contributed by atoms with Crippen LogP contribution < -0.4 is 5.73 Å². The fourth-order valence-corrected chi connectivity index (χ4v) is 2.38. The Kier molecular flexibility index (Phi) is 6.23. The van der Waals surface area contributed by atoms with Crippen LogP contribution in [0.25, 0.3) is 5.69 Å². The third kappa shape index (κ3) is 4.07. The first kappa shape index (κ1) is 18.3. The molecule has 0 aliphatic carbocycles. The first-order valence-corrected chi connectivity index (χ1v) is 8.22. The van der Waals surface area contributed by atoms with Crippen molar-refractivity contribution in [1.29, 1.82) is 0 Å². The zero-order valence-electron chi connectivity index (χ0n) is 14.1. The Morgan fingerprint density at radius 1 is 1.29 bits per heavy atom. The van der Waals surface area contributed by atoms with Crippen LogP contribution in [-0.4, -0.2) is 35.6 Å². The van der Waals surface area contributed by atoms with Gasteiger partial charge in [-0.1, -0.05) is 25.4 Å². The van der Waals surface area contributed by atoms with E-state index in [0.717, 1.165) is 5.69 Å². The van der Waals surface area contributed by atoms with Gasteiger partial charge in [0.25, 0.3) is 0 Å². The number of halogens is 1. The number of hydrogen-bond acceptors (Lipinski definition) is 5. The standard InChI is InChI=1S/C17H22ClN3O3/c1-4-23-9-10-24-17(22)14-15(11(2)3)20-21(16(14)19)13-7-5-12(18)6-8-13/h5-8,11H,4,9-10,19H2,1-3H3. The minimum atomic E-state index is -0.490. The Morgan fingerprint density at radius 3 is 2.54 bits per heavy atom.